The Morgan fingerprint density at radius 3 is 0.873 bits per heavy atom. The van der Waals surface area contributed by atoms with Gasteiger partial charge in [-0.05, 0) is 103 Å². The van der Waals surface area contributed by atoms with Crippen molar-refractivity contribution in [3.05, 3.63) is 60.8 Å². The summed E-state index contributed by atoms with van der Waals surface area (Å²) in [6.07, 6.45) is 75.1. The summed E-state index contributed by atoms with van der Waals surface area (Å²) in [5.41, 5.74) is 0. The second kappa shape index (κ2) is 59.7. The van der Waals surface area contributed by atoms with Crippen molar-refractivity contribution >= 4 is 17.9 Å². The van der Waals surface area contributed by atoms with Crippen LogP contribution in [0.4, 0.5) is 0 Å². The van der Waals surface area contributed by atoms with Gasteiger partial charge in [0.05, 0.1) is 0 Å². The quantitative estimate of drug-likeness (QED) is 0.0261. The molecule has 6 heteroatoms. The topological polar surface area (TPSA) is 78.9 Å². The minimum absolute atomic E-state index is 0.0813. The highest BCUT2D eigenvalue weighted by molar-refractivity contribution is 5.71. The molecule has 0 aromatic rings. The molecule has 0 bridgehead atoms. The van der Waals surface area contributed by atoms with E-state index in [2.05, 4.69) is 81.5 Å². The maximum Gasteiger partial charge on any atom is 0.306 e. The van der Waals surface area contributed by atoms with Crippen LogP contribution in [0.1, 0.15) is 316 Å². The molecule has 412 valence electrons. The lowest BCUT2D eigenvalue weighted by atomic mass is 10.0. The fourth-order valence-corrected chi connectivity index (χ4v) is 8.78. The molecule has 0 heterocycles. The molecule has 0 aromatic carbocycles. The van der Waals surface area contributed by atoms with Gasteiger partial charge < -0.3 is 14.2 Å². The molecule has 0 aliphatic heterocycles. The standard InChI is InChI=1S/C65H116O6/c1-4-7-10-13-16-19-22-24-26-28-30-31-32-33-35-36-38-40-43-46-49-52-55-58-64(67)70-61-62(60-69-63(66)57-54-51-48-45-42-21-18-15-12-9-6-3)71-65(68)59-56-53-50-47-44-41-39-37-34-29-27-25-23-20-17-14-11-8-5-2/h15,17-18,20,25,27-28,30,34,37,62H,4-14,16,19,21-24,26,29,31-33,35-36,38-61H2,1-3H3/b18-15-,20-17-,27-25-,30-28-,37-34-. The van der Waals surface area contributed by atoms with Crippen molar-refractivity contribution in [3.63, 3.8) is 0 Å². The molecule has 1 unspecified atom stereocenters. The summed E-state index contributed by atoms with van der Waals surface area (Å²) in [4.78, 5) is 38.2. The third-order valence-corrected chi connectivity index (χ3v) is 13.5. The Bertz CT molecular complexity index is 1280. The first kappa shape index (κ1) is 68.1. The second-order valence-corrected chi connectivity index (χ2v) is 20.6. The third kappa shape index (κ3) is 57.9. The smallest absolute Gasteiger partial charge is 0.306 e. The highest BCUT2D eigenvalue weighted by atomic mass is 16.6. The van der Waals surface area contributed by atoms with Gasteiger partial charge in [-0.2, -0.15) is 0 Å². The molecule has 1 atom stereocenters. The average molecular weight is 994 g/mol. The number of allylic oxidation sites excluding steroid dienone is 10. The summed E-state index contributed by atoms with van der Waals surface area (Å²) in [7, 11) is 0. The Morgan fingerprint density at radius 1 is 0.282 bits per heavy atom. The van der Waals surface area contributed by atoms with E-state index in [1.165, 1.54) is 186 Å². The van der Waals surface area contributed by atoms with Crippen molar-refractivity contribution in [2.45, 2.75) is 322 Å². The normalized spacial score (nSPS) is 12.4. The van der Waals surface area contributed by atoms with Crippen LogP contribution >= 0.6 is 0 Å². The molecule has 0 spiro atoms. The first-order valence-electron chi connectivity index (χ1n) is 30.8. The van der Waals surface area contributed by atoms with E-state index < -0.39 is 6.10 Å². The first-order chi connectivity index (χ1) is 35.0. The number of hydrogen-bond acceptors (Lipinski definition) is 6. The van der Waals surface area contributed by atoms with Crippen LogP contribution in [0.5, 0.6) is 0 Å². The van der Waals surface area contributed by atoms with Crippen LogP contribution in [0.25, 0.3) is 0 Å². The number of rotatable bonds is 56. The number of unbranched alkanes of at least 4 members (excludes halogenated alkanes) is 35. The molecular weight excluding hydrogens is 877 g/mol. The number of esters is 3. The number of hydrogen-bond donors (Lipinski definition) is 0. The van der Waals surface area contributed by atoms with Crippen molar-refractivity contribution in [1.29, 1.82) is 0 Å². The predicted octanol–water partition coefficient (Wildman–Crippen LogP) is 20.8. The Labute approximate surface area is 440 Å². The molecule has 6 nitrogen and oxygen atoms in total. The van der Waals surface area contributed by atoms with Gasteiger partial charge in [-0.3, -0.25) is 14.4 Å². The van der Waals surface area contributed by atoms with E-state index in [9.17, 15) is 14.4 Å². The molecule has 0 N–H and O–H groups in total. The number of carbonyl (C=O) groups is 3. The minimum Gasteiger partial charge on any atom is -0.462 e. The summed E-state index contributed by atoms with van der Waals surface area (Å²) in [6, 6.07) is 0. The summed E-state index contributed by atoms with van der Waals surface area (Å²) in [6.45, 7) is 6.59. The molecule has 71 heavy (non-hydrogen) atoms. The molecule has 0 saturated heterocycles. The summed E-state index contributed by atoms with van der Waals surface area (Å²) < 4.78 is 16.9. The molecule has 0 aliphatic rings. The van der Waals surface area contributed by atoms with Crippen molar-refractivity contribution in [1.82, 2.24) is 0 Å². The molecule has 0 aliphatic carbocycles. The average Bonchev–Trinajstić information content (AvgIpc) is 3.37. The van der Waals surface area contributed by atoms with Crippen LogP contribution in [0.2, 0.25) is 0 Å². The molecule has 0 amide bonds. The Hall–Kier alpha value is -2.89. The lowest BCUT2D eigenvalue weighted by Gasteiger charge is -2.18. The Morgan fingerprint density at radius 2 is 0.521 bits per heavy atom. The fraction of sp³-hybridized carbons (Fsp3) is 0.800. The fourth-order valence-electron chi connectivity index (χ4n) is 8.78. The lowest BCUT2D eigenvalue weighted by molar-refractivity contribution is -0.167. The molecule has 0 rings (SSSR count). The van der Waals surface area contributed by atoms with Crippen LogP contribution in [-0.2, 0) is 28.6 Å². The summed E-state index contributed by atoms with van der Waals surface area (Å²) >= 11 is 0. The number of carbonyl (C=O) groups excluding carboxylic acids is 3. The highest BCUT2D eigenvalue weighted by Crippen LogP contribution is 2.16. The Balaban J connectivity index is 4.29. The Kier molecular flexibility index (Phi) is 57.2. The van der Waals surface area contributed by atoms with Gasteiger partial charge in [0, 0.05) is 19.3 Å². The maximum absolute atomic E-state index is 12.9. The van der Waals surface area contributed by atoms with Gasteiger partial charge in [0.2, 0.25) is 0 Å². The van der Waals surface area contributed by atoms with E-state index in [1.807, 2.05) is 0 Å². The largest absolute Gasteiger partial charge is 0.462 e. The zero-order valence-corrected chi connectivity index (χ0v) is 47.2. The highest BCUT2D eigenvalue weighted by Gasteiger charge is 2.19. The lowest BCUT2D eigenvalue weighted by Crippen LogP contribution is -2.30. The van der Waals surface area contributed by atoms with E-state index in [1.54, 1.807) is 0 Å². The third-order valence-electron chi connectivity index (χ3n) is 13.5. The maximum atomic E-state index is 12.9. The van der Waals surface area contributed by atoms with Crippen molar-refractivity contribution in [2.75, 3.05) is 13.2 Å². The van der Waals surface area contributed by atoms with E-state index in [-0.39, 0.29) is 31.1 Å². The monoisotopic (exact) mass is 993 g/mol. The molecule has 0 radical (unpaired) electrons. The predicted molar refractivity (Wildman–Crippen MR) is 307 cm³/mol. The van der Waals surface area contributed by atoms with Crippen LogP contribution < -0.4 is 0 Å². The first-order valence-corrected chi connectivity index (χ1v) is 30.8. The van der Waals surface area contributed by atoms with E-state index in [4.69, 9.17) is 14.2 Å². The van der Waals surface area contributed by atoms with Crippen LogP contribution in [0.15, 0.2) is 60.8 Å². The van der Waals surface area contributed by atoms with Crippen LogP contribution in [0.3, 0.4) is 0 Å². The zero-order chi connectivity index (χ0) is 51.4. The number of ether oxygens (including phenoxy) is 3. The van der Waals surface area contributed by atoms with E-state index in [0.29, 0.717) is 19.3 Å². The summed E-state index contributed by atoms with van der Waals surface area (Å²) in [5, 5.41) is 0. The van der Waals surface area contributed by atoms with E-state index >= 15 is 0 Å². The molecule has 0 fully saturated rings. The van der Waals surface area contributed by atoms with Crippen molar-refractivity contribution in [2.24, 2.45) is 0 Å². The van der Waals surface area contributed by atoms with Gasteiger partial charge in [-0.1, -0.05) is 255 Å². The molecule has 0 saturated carbocycles. The van der Waals surface area contributed by atoms with Crippen molar-refractivity contribution in [3.8, 4) is 0 Å². The van der Waals surface area contributed by atoms with Gasteiger partial charge >= 0.3 is 17.9 Å². The molecular formula is C65H116O6. The minimum atomic E-state index is -0.785. The van der Waals surface area contributed by atoms with Gasteiger partial charge in [-0.15, -0.1) is 0 Å². The SMILES string of the molecule is CCCC/C=C\CCCCCCCC(=O)OCC(COC(=O)CCCCCCCCCCCCC/C=C\CCCCCCCCCC)OC(=O)CCCCCCCC/C=C\C/C=C\C/C=C\CCCCC. The van der Waals surface area contributed by atoms with Gasteiger partial charge in [-0.25, -0.2) is 0 Å². The van der Waals surface area contributed by atoms with Gasteiger partial charge in [0.25, 0.3) is 0 Å². The van der Waals surface area contributed by atoms with E-state index in [0.717, 1.165) is 89.9 Å². The molecule has 0 aromatic heterocycles. The van der Waals surface area contributed by atoms with Crippen LogP contribution in [0, 0.1) is 0 Å². The summed E-state index contributed by atoms with van der Waals surface area (Å²) in [5.74, 6) is -0.893. The van der Waals surface area contributed by atoms with Gasteiger partial charge in [0.15, 0.2) is 6.10 Å². The zero-order valence-electron chi connectivity index (χ0n) is 47.2. The van der Waals surface area contributed by atoms with Crippen molar-refractivity contribution < 1.29 is 28.6 Å². The second-order valence-electron chi connectivity index (χ2n) is 20.6. The van der Waals surface area contributed by atoms with Gasteiger partial charge in [0.1, 0.15) is 13.2 Å². The van der Waals surface area contributed by atoms with Crippen LogP contribution in [-0.4, -0.2) is 37.2 Å².